The molecule has 1 rings (SSSR count). The zero-order valence-electron chi connectivity index (χ0n) is 14.0. The maximum atomic E-state index is 13.5. The van der Waals surface area contributed by atoms with Gasteiger partial charge in [0.2, 0.25) is 5.02 Å². The van der Waals surface area contributed by atoms with Gasteiger partial charge in [-0.05, 0) is 33.8 Å². The number of hydrogen-bond acceptors (Lipinski definition) is 7. The fraction of sp³-hybridized carbons (Fsp3) is 0.846. The summed E-state index contributed by atoms with van der Waals surface area (Å²) in [5.41, 5.74) is 0. The highest BCUT2D eigenvalue weighted by molar-refractivity contribution is 9.09. The monoisotopic (exact) mass is 433 g/mol. The molecule has 23 heavy (non-hydrogen) atoms. The van der Waals surface area contributed by atoms with Gasteiger partial charge in [-0.2, -0.15) is 0 Å². The first-order valence-corrected chi connectivity index (χ1v) is 11.7. The van der Waals surface area contributed by atoms with Gasteiger partial charge in [0.15, 0.2) is 0 Å². The molecule has 0 amide bonds. The van der Waals surface area contributed by atoms with E-state index in [0.717, 1.165) is 0 Å². The summed E-state index contributed by atoms with van der Waals surface area (Å²) in [5.74, 6) is 0. The van der Waals surface area contributed by atoms with E-state index in [1.165, 1.54) is 6.08 Å². The molecule has 1 aliphatic rings. The SMILES string of the molecule is CCOP(=O)(OCC)C1(P(=O)(OCC)OCC)C=CC(Br)CN1. The second kappa shape index (κ2) is 9.25. The molecule has 0 aromatic carbocycles. The molecule has 0 aromatic rings. The van der Waals surface area contributed by atoms with Crippen molar-refractivity contribution in [3.05, 3.63) is 12.2 Å². The van der Waals surface area contributed by atoms with Gasteiger partial charge in [-0.3, -0.25) is 14.4 Å². The highest BCUT2D eigenvalue weighted by atomic mass is 79.9. The Morgan fingerprint density at radius 3 is 1.65 bits per heavy atom. The topological polar surface area (TPSA) is 83.1 Å². The Morgan fingerprint density at radius 2 is 1.39 bits per heavy atom. The lowest BCUT2D eigenvalue weighted by atomic mass is 10.3. The van der Waals surface area contributed by atoms with E-state index in [4.69, 9.17) is 18.1 Å². The van der Waals surface area contributed by atoms with Crippen LogP contribution in [0, 0.1) is 0 Å². The molecule has 0 saturated carbocycles. The number of alkyl halides is 1. The average molecular weight is 434 g/mol. The minimum absolute atomic E-state index is 0.00373. The largest absolute Gasteiger partial charge is 0.366 e. The van der Waals surface area contributed by atoms with E-state index < -0.39 is 20.2 Å². The smallest absolute Gasteiger partial charge is 0.307 e. The highest BCUT2D eigenvalue weighted by Crippen LogP contribution is 2.77. The zero-order chi connectivity index (χ0) is 17.6. The Morgan fingerprint density at radius 1 is 1.00 bits per heavy atom. The summed E-state index contributed by atoms with van der Waals surface area (Å²) in [6.45, 7) is 7.75. The molecule has 1 aliphatic heterocycles. The summed E-state index contributed by atoms with van der Waals surface area (Å²) < 4.78 is 48.8. The van der Waals surface area contributed by atoms with Crippen LogP contribution in [0.25, 0.3) is 0 Å². The molecular weight excluding hydrogens is 408 g/mol. The molecule has 0 aliphatic carbocycles. The number of halogens is 1. The Kier molecular flexibility index (Phi) is 8.66. The molecule has 10 heteroatoms. The van der Waals surface area contributed by atoms with Gasteiger partial charge in [-0.25, -0.2) is 0 Å². The summed E-state index contributed by atoms with van der Waals surface area (Å²) in [6.07, 6.45) is 3.29. The fourth-order valence-electron chi connectivity index (χ4n) is 2.29. The van der Waals surface area contributed by atoms with Crippen molar-refractivity contribution >= 4 is 31.1 Å². The number of rotatable bonds is 10. The Balaban J connectivity index is 3.51. The van der Waals surface area contributed by atoms with Crippen LogP contribution in [-0.4, -0.2) is 42.8 Å². The minimum atomic E-state index is -3.87. The van der Waals surface area contributed by atoms with Crippen molar-refractivity contribution in [1.29, 1.82) is 0 Å². The normalized spacial score (nSPS) is 21.5. The van der Waals surface area contributed by atoms with Gasteiger partial charge in [0.1, 0.15) is 0 Å². The number of hydrogen-bond donors (Lipinski definition) is 1. The van der Waals surface area contributed by atoms with Gasteiger partial charge in [0, 0.05) is 11.4 Å². The van der Waals surface area contributed by atoms with Crippen LogP contribution in [0.2, 0.25) is 0 Å². The lowest BCUT2D eigenvalue weighted by Crippen LogP contribution is -2.49. The standard InChI is InChI=1S/C13H26BrNO6P2/c1-5-18-22(16,19-6-2)13(10-9-12(14)11-15-13)23(17,20-7-3)21-8-4/h9-10,12,15H,5-8,11H2,1-4H3. The highest BCUT2D eigenvalue weighted by Gasteiger charge is 2.64. The second-order valence-electron chi connectivity index (χ2n) is 4.65. The first kappa shape index (κ1) is 21.5. The Bertz CT molecular complexity index is 451. The van der Waals surface area contributed by atoms with Gasteiger partial charge < -0.3 is 18.1 Å². The Hall–Kier alpha value is 0.480. The van der Waals surface area contributed by atoms with Gasteiger partial charge in [-0.1, -0.05) is 22.0 Å². The average Bonchev–Trinajstić information content (AvgIpc) is 2.48. The van der Waals surface area contributed by atoms with Crippen LogP contribution in [0.3, 0.4) is 0 Å². The molecule has 1 unspecified atom stereocenters. The first-order valence-electron chi connectivity index (χ1n) is 7.71. The van der Waals surface area contributed by atoms with Crippen LogP contribution in [0.4, 0.5) is 0 Å². The van der Waals surface area contributed by atoms with Crippen LogP contribution in [-0.2, 0) is 27.2 Å². The predicted octanol–water partition coefficient (Wildman–Crippen LogP) is 4.10. The van der Waals surface area contributed by atoms with Crippen LogP contribution in [0.5, 0.6) is 0 Å². The van der Waals surface area contributed by atoms with Crippen molar-refractivity contribution in [3.63, 3.8) is 0 Å². The molecule has 1 atom stereocenters. The summed E-state index contributed by atoms with van der Waals surface area (Å²) in [4.78, 5) is 0.00373. The van der Waals surface area contributed by atoms with Gasteiger partial charge >= 0.3 is 15.2 Å². The van der Waals surface area contributed by atoms with Crippen molar-refractivity contribution in [2.45, 2.75) is 37.5 Å². The number of nitrogens with one attached hydrogen (secondary N) is 1. The van der Waals surface area contributed by atoms with Crippen LogP contribution in [0.15, 0.2) is 12.2 Å². The molecular formula is C13H26BrNO6P2. The lowest BCUT2D eigenvalue weighted by Gasteiger charge is -2.42. The molecule has 1 N–H and O–H groups in total. The third-order valence-corrected chi connectivity index (χ3v) is 9.90. The van der Waals surface area contributed by atoms with E-state index in [1.54, 1.807) is 33.8 Å². The maximum Gasteiger partial charge on any atom is 0.366 e. The van der Waals surface area contributed by atoms with E-state index in [-0.39, 0.29) is 31.3 Å². The molecule has 1 heterocycles. The van der Waals surface area contributed by atoms with Gasteiger partial charge in [0.25, 0.3) is 0 Å². The minimum Gasteiger partial charge on any atom is -0.307 e. The third-order valence-electron chi connectivity index (χ3n) is 3.13. The maximum absolute atomic E-state index is 13.5. The third kappa shape index (κ3) is 4.36. The van der Waals surface area contributed by atoms with E-state index in [2.05, 4.69) is 21.2 Å². The van der Waals surface area contributed by atoms with Gasteiger partial charge in [-0.15, -0.1) is 0 Å². The van der Waals surface area contributed by atoms with Crippen molar-refractivity contribution in [2.75, 3.05) is 33.0 Å². The molecule has 0 aromatic heterocycles. The summed E-state index contributed by atoms with van der Waals surface area (Å²) in [5, 5.41) is 1.38. The first-order chi connectivity index (χ1) is 10.8. The van der Waals surface area contributed by atoms with E-state index in [0.29, 0.717) is 6.54 Å². The van der Waals surface area contributed by atoms with Crippen LogP contribution in [0.1, 0.15) is 27.7 Å². The molecule has 0 saturated heterocycles. The summed E-state index contributed by atoms with van der Waals surface area (Å²) >= 11 is 3.44. The predicted molar refractivity (Wildman–Crippen MR) is 94.3 cm³/mol. The van der Waals surface area contributed by atoms with Crippen LogP contribution < -0.4 is 5.32 Å². The molecule has 7 nitrogen and oxygen atoms in total. The quantitative estimate of drug-likeness (QED) is 0.315. The zero-order valence-corrected chi connectivity index (χ0v) is 17.4. The van der Waals surface area contributed by atoms with Crippen molar-refractivity contribution in [3.8, 4) is 0 Å². The molecule has 0 spiro atoms. The molecule has 136 valence electrons. The van der Waals surface area contributed by atoms with E-state index in [1.807, 2.05) is 0 Å². The second-order valence-corrected chi connectivity index (χ2v) is 10.6. The van der Waals surface area contributed by atoms with Crippen molar-refractivity contribution in [1.82, 2.24) is 5.32 Å². The van der Waals surface area contributed by atoms with Crippen molar-refractivity contribution < 1.29 is 27.2 Å². The lowest BCUT2D eigenvalue weighted by molar-refractivity contribution is 0.177. The van der Waals surface area contributed by atoms with E-state index in [9.17, 15) is 9.13 Å². The van der Waals surface area contributed by atoms with E-state index >= 15 is 0 Å². The molecule has 0 radical (unpaired) electrons. The van der Waals surface area contributed by atoms with Crippen LogP contribution >= 0.6 is 31.1 Å². The fourth-order valence-corrected chi connectivity index (χ4v) is 7.90. The Labute approximate surface area is 146 Å². The molecule has 0 bridgehead atoms. The summed E-state index contributed by atoms with van der Waals surface area (Å²) in [6, 6.07) is 0. The summed E-state index contributed by atoms with van der Waals surface area (Å²) in [7, 11) is -7.73. The van der Waals surface area contributed by atoms with Crippen molar-refractivity contribution in [2.24, 2.45) is 0 Å². The molecule has 0 fully saturated rings. The van der Waals surface area contributed by atoms with Gasteiger partial charge in [0.05, 0.1) is 26.4 Å².